The summed E-state index contributed by atoms with van der Waals surface area (Å²) in [6.45, 7) is 1.45. The number of benzene rings is 2. The van der Waals surface area contributed by atoms with Crippen LogP contribution in [0.2, 0.25) is 5.02 Å². The lowest BCUT2D eigenvalue weighted by molar-refractivity contribution is -0.153. The number of halogens is 1. The van der Waals surface area contributed by atoms with Gasteiger partial charge in [0.2, 0.25) is 0 Å². The molecule has 1 heterocycles. The Hall–Kier alpha value is -2.90. The number of nitrogens with one attached hydrogen (secondary N) is 2. The van der Waals surface area contributed by atoms with Gasteiger partial charge in [0.05, 0.1) is 5.02 Å². The van der Waals surface area contributed by atoms with Crippen LogP contribution < -0.4 is 10.6 Å². The quantitative estimate of drug-likeness (QED) is 0.561. The van der Waals surface area contributed by atoms with Gasteiger partial charge in [-0.25, -0.2) is 0 Å². The van der Waals surface area contributed by atoms with Crippen LogP contribution in [0.4, 0.5) is 0 Å². The highest BCUT2D eigenvalue weighted by atomic mass is 35.5. The van der Waals surface area contributed by atoms with E-state index in [1.165, 1.54) is 18.3 Å². The summed E-state index contributed by atoms with van der Waals surface area (Å²) < 4.78 is 5.96. The van der Waals surface area contributed by atoms with E-state index in [-0.39, 0.29) is 6.54 Å². The van der Waals surface area contributed by atoms with Gasteiger partial charge in [-0.15, -0.1) is 11.3 Å². The maximum Gasteiger partial charge on any atom is 0.326 e. The lowest BCUT2D eigenvalue weighted by Crippen LogP contribution is -2.38. The van der Waals surface area contributed by atoms with Crippen molar-refractivity contribution in [1.29, 1.82) is 0 Å². The van der Waals surface area contributed by atoms with Gasteiger partial charge in [-0.05, 0) is 18.6 Å². The highest BCUT2D eigenvalue weighted by Gasteiger charge is 2.20. The summed E-state index contributed by atoms with van der Waals surface area (Å²) >= 11 is 7.51. The molecule has 2 aromatic carbocycles. The third-order valence-corrected chi connectivity index (χ3v) is 5.80. The van der Waals surface area contributed by atoms with Gasteiger partial charge < -0.3 is 15.4 Å². The van der Waals surface area contributed by atoms with Gasteiger partial charge in [0.25, 0.3) is 11.8 Å². The van der Waals surface area contributed by atoms with Crippen LogP contribution in [0.15, 0.2) is 54.6 Å². The number of rotatable bonds is 7. The lowest BCUT2D eigenvalue weighted by atomic mass is 10.2. The number of hydrogen-bond donors (Lipinski definition) is 2. The van der Waals surface area contributed by atoms with Crippen molar-refractivity contribution in [3.05, 3.63) is 70.1 Å². The molecule has 0 fully saturated rings. The van der Waals surface area contributed by atoms with Crippen LogP contribution in [0.3, 0.4) is 0 Å². The van der Waals surface area contributed by atoms with Crippen molar-refractivity contribution in [2.45, 2.75) is 19.6 Å². The molecule has 0 spiro atoms. The van der Waals surface area contributed by atoms with Crippen LogP contribution >= 0.6 is 22.9 Å². The van der Waals surface area contributed by atoms with Crippen LogP contribution in [0, 0.1) is 0 Å². The van der Waals surface area contributed by atoms with Crippen LogP contribution in [0.25, 0.3) is 10.1 Å². The fourth-order valence-electron chi connectivity index (χ4n) is 2.61. The summed E-state index contributed by atoms with van der Waals surface area (Å²) in [6, 6.07) is 16.8. The standard InChI is InChI=1S/C21H19ClN2O4S/c1-13(20(26)23-11-14-7-3-2-4-8-14)28-17(25)12-24-21(27)19-18(22)15-9-5-6-10-16(15)29-19/h2-10,13H,11-12H2,1H3,(H,23,26)(H,24,27)/t13-/m0/s1. The zero-order chi connectivity index (χ0) is 20.8. The van der Waals surface area contributed by atoms with E-state index in [1.54, 1.807) is 0 Å². The summed E-state index contributed by atoms with van der Waals surface area (Å²) in [4.78, 5) is 36.7. The zero-order valence-electron chi connectivity index (χ0n) is 15.6. The minimum atomic E-state index is -0.976. The number of hydrogen-bond acceptors (Lipinski definition) is 5. The van der Waals surface area contributed by atoms with Gasteiger partial charge in [0.15, 0.2) is 6.10 Å². The number of amides is 2. The van der Waals surface area contributed by atoms with Gasteiger partial charge >= 0.3 is 5.97 Å². The van der Waals surface area contributed by atoms with Gasteiger partial charge in [-0.1, -0.05) is 60.1 Å². The number of carbonyl (C=O) groups is 3. The van der Waals surface area contributed by atoms with E-state index in [9.17, 15) is 14.4 Å². The molecule has 2 N–H and O–H groups in total. The highest BCUT2D eigenvalue weighted by Crippen LogP contribution is 2.34. The van der Waals surface area contributed by atoms with E-state index >= 15 is 0 Å². The Labute approximate surface area is 176 Å². The molecule has 6 nitrogen and oxygen atoms in total. The first-order valence-electron chi connectivity index (χ1n) is 8.92. The van der Waals surface area contributed by atoms with E-state index in [0.717, 1.165) is 15.6 Å². The van der Waals surface area contributed by atoms with Crippen molar-refractivity contribution >= 4 is 50.8 Å². The fourth-order valence-corrected chi connectivity index (χ4v) is 4.05. The topological polar surface area (TPSA) is 84.5 Å². The monoisotopic (exact) mass is 430 g/mol. The molecule has 3 aromatic rings. The maximum atomic E-state index is 12.3. The maximum absolute atomic E-state index is 12.3. The first kappa shape index (κ1) is 20.8. The van der Waals surface area contributed by atoms with E-state index in [0.29, 0.717) is 16.4 Å². The zero-order valence-corrected chi connectivity index (χ0v) is 17.2. The smallest absolute Gasteiger partial charge is 0.326 e. The number of ether oxygens (including phenoxy) is 1. The van der Waals surface area contributed by atoms with Gasteiger partial charge in [-0.3, -0.25) is 14.4 Å². The second kappa shape index (κ2) is 9.54. The minimum absolute atomic E-state index is 0.328. The molecule has 150 valence electrons. The number of esters is 1. The molecule has 0 aliphatic heterocycles. The molecule has 0 radical (unpaired) electrons. The Balaban J connectivity index is 1.47. The largest absolute Gasteiger partial charge is 0.451 e. The molecule has 1 atom stereocenters. The first-order valence-corrected chi connectivity index (χ1v) is 10.1. The van der Waals surface area contributed by atoms with Crippen LogP contribution in [-0.4, -0.2) is 30.4 Å². The van der Waals surface area contributed by atoms with Crippen molar-refractivity contribution in [3.63, 3.8) is 0 Å². The molecule has 0 unspecified atom stereocenters. The third-order valence-electron chi connectivity index (χ3n) is 4.12. The summed E-state index contributed by atoms with van der Waals surface area (Å²) in [5.41, 5.74) is 0.937. The Morgan fingerprint density at radius 3 is 2.45 bits per heavy atom. The molecule has 0 saturated carbocycles. The lowest BCUT2D eigenvalue weighted by Gasteiger charge is -2.14. The van der Waals surface area contributed by atoms with Crippen molar-refractivity contribution in [3.8, 4) is 0 Å². The van der Waals surface area contributed by atoms with Crippen molar-refractivity contribution < 1.29 is 19.1 Å². The SMILES string of the molecule is C[C@H](OC(=O)CNC(=O)c1sc2ccccc2c1Cl)C(=O)NCc1ccccc1. The molecule has 0 bridgehead atoms. The number of fused-ring (bicyclic) bond motifs is 1. The van der Waals surface area contributed by atoms with Crippen molar-refractivity contribution in [2.24, 2.45) is 0 Å². The first-order chi connectivity index (χ1) is 14.0. The summed E-state index contributed by atoms with van der Waals surface area (Å²) in [7, 11) is 0. The Morgan fingerprint density at radius 1 is 1.03 bits per heavy atom. The average Bonchev–Trinajstić information content (AvgIpc) is 3.08. The predicted octanol–water partition coefficient (Wildman–Crippen LogP) is 3.53. The summed E-state index contributed by atoms with van der Waals surface area (Å²) in [5, 5.41) is 6.32. The van der Waals surface area contributed by atoms with Gasteiger partial charge in [-0.2, -0.15) is 0 Å². The molecule has 0 aliphatic rings. The number of carbonyl (C=O) groups excluding carboxylic acids is 3. The summed E-state index contributed by atoms with van der Waals surface area (Å²) in [5.74, 6) is -1.59. The van der Waals surface area contributed by atoms with Crippen LogP contribution in [0.5, 0.6) is 0 Å². The van der Waals surface area contributed by atoms with Crippen molar-refractivity contribution in [2.75, 3.05) is 6.54 Å². The average molecular weight is 431 g/mol. The van der Waals surface area contributed by atoms with Crippen LogP contribution in [-0.2, 0) is 20.9 Å². The Bertz CT molecular complexity index is 1040. The molecule has 0 saturated heterocycles. The fraction of sp³-hybridized carbons (Fsp3) is 0.190. The molecule has 8 heteroatoms. The molecular formula is C21H19ClN2O4S. The van der Waals surface area contributed by atoms with Crippen molar-refractivity contribution in [1.82, 2.24) is 10.6 Å². The van der Waals surface area contributed by atoms with E-state index < -0.39 is 23.9 Å². The van der Waals surface area contributed by atoms with E-state index in [2.05, 4.69) is 10.6 Å². The Kier molecular flexibility index (Phi) is 6.85. The highest BCUT2D eigenvalue weighted by molar-refractivity contribution is 7.21. The molecular weight excluding hydrogens is 412 g/mol. The Morgan fingerprint density at radius 2 is 1.72 bits per heavy atom. The minimum Gasteiger partial charge on any atom is -0.451 e. The predicted molar refractivity (Wildman–Crippen MR) is 113 cm³/mol. The second-order valence-electron chi connectivity index (χ2n) is 6.26. The molecule has 1 aromatic heterocycles. The van der Waals surface area contributed by atoms with E-state index in [4.69, 9.17) is 16.3 Å². The normalized spacial score (nSPS) is 11.7. The molecule has 0 aliphatic carbocycles. The van der Waals surface area contributed by atoms with E-state index in [1.807, 2.05) is 54.6 Å². The number of thiophene rings is 1. The van der Waals surface area contributed by atoms with Crippen LogP contribution in [0.1, 0.15) is 22.2 Å². The summed E-state index contributed by atoms with van der Waals surface area (Å²) in [6.07, 6.45) is -0.976. The van der Waals surface area contributed by atoms with Gasteiger partial charge in [0, 0.05) is 16.6 Å². The van der Waals surface area contributed by atoms with Gasteiger partial charge in [0.1, 0.15) is 11.4 Å². The third kappa shape index (κ3) is 5.34. The second-order valence-corrected chi connectivity index (χ2v) is 7.69. The molecule has 29 heavy (non-hydrogen) atoms. The molecule has 2 amide bonds. The molecule has 3 rings (SSSR count).